The zero-order valence-electron chi connectivity index (χ0n) is 9.38. The zero-order valence-corrected chi connectivity index (χ0v) is 9.38. The van der Waals surface area contributed by atoms with Gasteiger partial charge in [-0.05, 0) is 37.1 Å². The second-order valence-electron chi connectivity index (χ2n) is 4.37. The first-order valence-corrected chi connectivity index (χ1v) is 5.54. The third-order valence-corrected chi connectivity index (χ3v) is 3.28. The van der Waals surface area contributed by atoms with Crippen LogP contribution in [0.5, 0.6) is 0 Å². The van der Waals surface area contributed by atoms with E-state index in [4.69, 9.17) is 0 Å². The molecule has 0 spiro atoms. The van der Waals surface area contributed by atoms with Gasteiger partial charge in [0.1, 0.15) is 0 Å². The van der Waals surface area contributed by atoms with E-state index in [1.54, 1.807) is 5.56 Å². The van der Waals surface area contributed by atoms with Gasteiger partial charge in [0, 0.05) is 12.6 Å². The Hall–Kier alpha value is -0.820. The Labute approximate surface area is 86.7 Å². The molecule has 1 nitrogen and oxygen atoms in total. The Morgan fingerprint density at radius 2 is 2.21 bits per heavy atom. The van der Waals surface area contributed by atoms with E-state index < -0.39 is 0 Å². The fourth-order valence-corrected chi connectivity index (χ4v) is 2.26. The van der Waals surface area contributed by atoms with E-state index >= 15 is 0 Å². The van der Waals surface area contributed by atoms with Crippen molar-refractivity contribution in [3.05, 3.63) is 34.9 Å². The van der Waals surface area contributed by atoms with Crippen LogP contribution in [0, 0.1) is 0 Å². The van der Waals surface area contributed by atoms with Gasteiger partial charge in [-0.2, -0.15) is 0 Å². The lowest BCUT2D eigenvalue weighted by Gasteiger charge is -2.14. The van der Waals surface area contributed by atoms with Crippen LogP contribution >= 0.6 is 0 Å². The van der Waals surface area contributed by atoms with Crippen LogP contribution in [-0.2, 0) is 13.0 Å². The second-order valence-corrected chi connectivity index (χ2v) is 4.37. The fraction of sp³-hybridized carbons (Fsp3) is 0.538. The molecule has 0 amide bonds. The lowest BCUT2D eigenvalue weighted by atomic mass is 10.0. The monoisotopic (exact) mass is 189 g/mol. The Morgan fingerprint density at radius 1 is 1.43 bits per heavy atom. The fourth-order valence-electron chi connectivity index (χ4n) is 2.26. The van der Waals surface area contributed by atoms with E-state index in [0.717, 1.165) is 6.54 Å². The number of hydrogen-bond donors (Lipinski definition) is 0. The largest absolute Gasteiger partial charge is 0.295 e. The lowest BCUT2D eigenvalue weighted by Crippen LogP contribution is -2.12. The molecule has 1 aliphatic rings. The first-order chi connectivity index (χ1) is 6.72. The van der Waals surface area contributed by atoms with E-state index in [1.807, 2.05) is 0 Å². The summed E-state index contributed by atoms with van der Waals surface area (Å²) in [6.45, 7) is 5.65. The number of aryl methyl sites for hydroxylation is 1. The Kier molecular flexibility index (Phi) is 2.60. The predicted molar refractivity (Wildman–Crippen MR) is 60.3 cm³/mol. The Morgan fingerprint density at radius 3 is 2.93 bits per heavy atom. The van der Waals surface area contributed by atoms with Crippen molar-refractivity contribution in [2.45, 2.75) is 39.3 Å². The minimum absolute atomic E-state index is 0.599. The van der Waals surface area contributed by atoms with Crippen LogP contribution in [0.2, 0.25) is 0 Å². The van der Waals surface area contributed by atoms with Crippen molar-refractivity contribution < 1.29 is 0 Å². The molecule has 0 aliphatic carbocycles. The normalized spacial score (nSPS) is 21.2. The van der Waals surface area contributed by atoms with Crippen LogP contribution in [0.15, 0.2) is 18.2 Å². The molecule has 1 aromatic rings. The molecule has 1 aromatic carbocycles. The molecule has 0 fully saturated rings. The molecule has 0 radical (unpaired) electrons. The van der Waals surface area contributed by atoms with Gasteiger partial charge in [-0.15, -0.1) is 0 Å². The third-order valence-electron chi connectivity index (χ3n) is 3.28. The summed E-state index contributed by atoms with van der Waals surface area (Å²) in [5, 5.41) is 0. The molecule has 1 unspecified atom stereocenters. The van der Waals surface area contributed by atoms with Gasteiger partial charge in [0.15, 0.2) is 0 Å². The maximum atomic E-state index is 2.40. The van der Waals surface area contributed by atoms with Crippen LogP contribution in [0.1, 0.15) is 43.0 Å². The van der Waals surface area contributed by atoms with Gasteiger partial charge in [0.05, 0.1) is 0 Å². The molecule has 0 bridgehead atoms. The number of nitrogens with zero attached hydrogens (tertiary/aromatic N) is 1. The smallest absolute Gasteiger partial charge is 0.0323 e. The quantitative estimate of drug-likeness (QED) is 0.691. The highest BCUT2D eigenvalue weighted by Gasteiger charge is 2.23. The second kappa shape index (κ2) is 3.74. The molecule has 2 rings (SSSR count). The van der Waals surface area contributed by atoms with Crippen LogP contribution < -0.4 is 0 Å². The van der Waals surface area contributed by atoms with Gasteiger partial charge in [-0.3, -0.25) is 4.90 Å². The van der Waals surface area contributed by atoms with Gasteiger partial charge in [-0.25, -0.2) is 0 Å². The van der Waals surface area contributed by atoms with Crippen molar-refractivity contribution in [2.75, 3.05) is 7.05 Å². The molecule has 76 valence electrons. The van der Waals surface area contributed by atoms with E-state index in [0.29, 0.717) is 6.04 Å². The van der Waals surface area contributed by atoms with E-state index in [1.165, 1.54) is 24.0 Å². The van der Waals surface area contributed by atoms with Gasteiger partial charge in [0.2, 0.25) is 0 Å². The first-order valence-electron chi connectivity index (χ1n) is 5.54. The highest BCUT2D eigenvalue weighted by Crippen LogP contribution is 2.32. The summed E-state index contributed by atoms with van der Waals surface area (Å²) in [7, 11) is 2.20. The summed E-state index contributed by atoms with van der Waals surface area (Å²) in [6, 6.07) is 7.59. The summed E-state index contributed by atoms with van der Waals surface area (Å²) in [6.07, 6.45) is 2.45. The lowest BCUT2D eigenvalue weighted by molar-refractivity contribution is 0.286. The molecule has 0 aromatic heterocycles. The Balaban J connectivity index is 2.31. The molecule has 1 heteroatoms. The van der Waals surface area contributed by atoms with Gasteiger partial charge in [0.25, 0.3) is 0 Å². The summed E-state index contributed by atoms with van der Waals surface area (Å²) < 4.78 is 0. The van der Waals surface area contributed by atoms with Crippen molar-refractivity contribution in [1.82, 2.24) is 4.90 Å². The molecule has 1 heterocycles. The number of fused-ring (bicyclic) bond motifs is 1. The maximum Gasteiger partial charge on any atom is 0.0323 e. The molecule has 0 N–H and O–H groups in total. The number of hydrogen-bond acceptors (Lipinski definition) is 1. The molecule has 1 aliphatic heterocycles. The average Bonchev–Trinajstić information content (AvgIpc) is 2.45. The summed E-state index contributed by atoms with van der Waals surface area (Å²) >= 11 is 0. The van der Waals surface area contributed by atoms with Crippen LogP contribution in [-0.4, -0.2) is 11.9 Å². The molecule has 0 saturated carbocycles. The van der Waals surface area contributed by atoms with Crippen molar-refractivity contribution in [3.8, 4) is 0 Å². The average molecular weight is 189 g/mol. The molecular weight excluding hydrogens is 170 g/mol. The zero-order chi connectivity index (χ0) is 10.1. The van der Waals surface area contributed by atoms with E-state index in [-0.39, 0.29) is 0 Å². The van der Waals surface area contributed by atoms with Crippen molar-refractivity contribution in [3.63, 3.8) is 0 Å². The van der Waals surface area contributed by atoms with E-state index in [2.05, 4.69) is 44.0 Å². The van der Waals surface area contributed by atoms with Crippen LogP contribution in [0.4, 0.5) is 0 Å². The van der Waals surface area contributed by atoms with Crippen molar-refractivity contribution in [2.24, 2.45) is 0 Å². The third kappa shape index (κ3) is 1.57. The minimum atomic E-state index is 0.599. The highest BCUT2D eigenvalue weighted by molar-refractivity contribution is 5.37. The van der Waals surface area contributed by atoms with Crippen molar-refractivity contribution in [1.29, 1.82) is 0 Å². The summed E-state index contributed by atoms with van der Waals surface area (Å²) in [5.74, 6) is 0. The molecular formula is C13H19N. The summed E-state index contributed by atoms with van der Waals surface area (Å²) in [4.78, 5) is 2.40. The SMILES string of the molecule is CCCc1ccc2c(c1)C(C)N(C)C2. The van der Waals surface area contributed by atoms with Gasteiger partial charge < -0.3 is 0 Å². The highest BCUT2D eigenvalue weighted by atomic mass is 15.1. The predicted octanol–water partition coefficient (Wildman–Crippen LogP) is 3.15. The first kappa shape index (κ1) is 9.72. The standard InChI is InChI=1S/C13H19N/c1-4-5-11-6-7-12-9-14(3)10(2)13(12)8-11/h6-8,10H,4-5,9H2,1-3H3. The number of benzene rings is 1. The molecule has 0 saturated heterocycles. The Bertz CT molecular complexity index is 330. The van der Waals surface area contributed by atoms with Crippen LogP contribution in [0.3, 0.4) is 0 Å². The maximum absolute atomic E-state index is 2.40. The van der Waals surface area contributed by atoms with Crippen LogP contribution in [0.25, 0.3) is 0 Å². The minimum Gasteiger partial charge on any atom is -0.295 e. The van der Waals surface area contributed by atoms with Gasteiger partial charge in [-0.1, -0.05) is 31.5 Å². The van der Waals surface area contributed by atoms with E-state index in [9.17, 15) is 0 Å². The summed E-state index contributed by atoms with van der Waals surface area (Å²) in [5.41, 5.74) is 4.55. The molecule has 1 atom stereocenters. The van der Waals surface area contributed by atoms with Crippen molar-refractivity contribution >= 4 is 0 Å². The van der Waals surface area contributed by atoms with Gasteiger partial charge >= 0.3 is 0 Å². The number of rotatable bonds is 2. The topological polar surface area (TPSA) is 3.24 Å². The molecule has 14 heavy (non-hydrogen) atoms.